The van der Waals surface area contributed by atoms with Gasteiger partial charge < -0.3 is 4.52 Å². The summed E-state index contributed by atoms with van der Waals surface area (Å²) in [7, 11) is -3.47. The molecule has 0 aliphatic heterocycles. The molecule has 0 N–H and O–H groups in total. The minimum Gasteiger partial charge on any atom is -0.350 e. The average molecular weight is 192 g/mol. The maximum Gasteiger partial charge on any atom is 0.538 e. The first kappa shape index (κ1) is 11.5. The summed E-state index contributed by atoms with van der Waals surface area (Å²) < 4.78 is 25.3. The Kier molecular flexibility index (Phi) is 5.83. The summed E-state index contributed by atoms with van der Waals surface area (Å²) in [5.74, 6) is 0. The molecule has 1 unspecified atom stereocenters. The Labute approximate surface area is 72.8 Å². The molecule has 0 fully saturated rings. The molecule has 70 valence electrons. The molecule has 0 spiro atoms. The first-order valence-electron chi connectivity index (χ1n) is 3.71. The predicted octanol–water partition coefficient (Wildman–Crippen LogP) is 2.16. The molecule has 0 saturated heterocycles. The zero-order chi connectivity index (χ0) is 9.45. The second-order valence-corrected chi connectivity index (χ2v) is 3.50. The summed E-state index contributed by atoms with van der Waals surface area (Å²) in [5, 5.41) is 0. The standard InChI is InChI=1S/C7H13O4P/c1-4-7-11-12(8,9-5-2)10-6-3/h2H,4,6-7H2,1,3H3. The van der Waals surface area contributed by atoms with Crippen molar-refractivity contribution in [1.82, 2.24) is 0 Å². The smallest absolute Gasteiger partial charge is 0.350 e. The molecule has 0 bridgehead atoms. The Morgan fingerprint density at radius 3 is 2.50 bits per heavy atom. The van der Waals surface area contributed by atoms with Crippen LogP contribution in [0.4, 0.5) is 0 Å². The van der Waals surface area contributed by atoms with Gasteiger partial charge in [0.25, 0.3) is 0 Å². The van der Waals surface area contributed by atoms with Crippen molar-refractivity contribution in [3.05, 3.63) is 0 Å². The van der Waals surface area contributed by atoms with E-state index in [9.17, 15) is 4.57 Å². The lowest BCUT2D eigenvalue weighted by Gasteiger charge is -2.12. The van der Waals surface area contributed by atoms with Gasteiger partial charge in [0.2, 0.25) is 0 Å². The molecule has 0 amide bonds. The van der Waals surface area contributed by atoms with E-state index < -0.39 is 7.82 Å². The van der Waals surface area contributed by atoms with Crippen LogP contribution in [0.5, 0.6) is 0 Å². The summed E-state index contributed by atoms with van der Waals surface area (Å²) >= 11 is 0. The molecule has 0 aliphatic rings. The highest BCUT2D eigenvalue weighted by Crippen LogP contribution is 2.48. The van der Waals surface area contributed by atoms with Crippen molar-refractivity contribution >= 4 is 7.82 Å². The molecule has 0 aliphatic carbocycles. The SMILES string of the molecule is C#COP(=O)(OCC)OCCC. The van der Waals surface area contributed by atoms with Crippen LogP contribution >= 0.6 is 7.82 Å². The molecule has 12 heavy (non-hydrogen) atoms. The van der Waals surface area contributed by atoms with Gasteiger partial charge in [-0.1, -0.05) is 13.3 Å². The molecule has 0 saturated carbocycles. The Balaban J connectivity index is 4.01. The third-order valence-corrected chi connectivity index (χ3v) is 2.31. The van der Waals surface area contributed by atoms with E-state index in [2.05, 4.69) is 4.52 Å². The molecule has 4 nitrogen and oxygen atoms in total. The zero-order valence-corrected chi connectivity index (χ0v) is 8.17. The van der Waals surface area contributed by atoms with Gasteiger partial charge in [-0.25, -0.2) is 4.57 Å². The minimum absolute atomic E-state index is 0.239. The van der Waals surface area contributed by atoms with Crippen molar-refractivity contribution in [1.29, 1.82) is 0 Å². The number of phosphoric ester groups is 1. The quantitative estimate of drug-likeness (QED) is 0.477. The topological polar surface area (TPSA) is 44.8 Å². The molecule has 5 heteroatoms. The van der Waals surface area contributed by atoms with Gasteiger partial charge in [-0.15, -0.1) is 0 Å². The molecule has 1 atom stereocenters. The normalized spacial score (nSPS) is 14.8. The van der Waals surface area contributed by atoms with Crippen LogP contribution in [-0.2, 0) is 18.1 Å². The van der Waals surface area contributed by atoms with E-state index in [4.69, 9.17) is 15.5 Å². The van der Waals surface area contributed by atoms with Crippen molar-refractivity contribution in [2.45, 2.75) is 20.3 Å². The maximum atomic E-state index is 11.4. The predicted molar refractivity (Wildman–Crippen MR) is 45.4 cm³/mol. The summed E-state index contributed by atoms with van der Waals surface area (Å²) in [6, 6.07) is 0. The molecule has 0 aromatic heterocycles. The van der Waals surface area contributed by atoms with E-state index in [-0.39, 0.29) is 6.61 Å². The van der Waals surface area contributed by atoms with E-state index in [0.717, 1.165) is 6.42 Å². The number of terminal acetylenes is 1. The Hall–Kier alpha value is -0.490. The number of hydrogen-bond donors (Lipinski definition) is 0. The number of phosphoric acid groups is 1. The second kappa shape index (κ2) is 6.07. The molecule has 0 rings (SSSR count). The van der Waals surface area contributed by atoms with Gasteiger partial charge in [0, 0.05) is 0 Å². The van der Waals surface area contributed by atoms with Crippen LogP contribution in [-0.4, -0.2) is 13.2 Å². The highest BCUT2D eigenvalue weighted by Gasteiger charge is 2.25. The van der Waals surface area contributed by atoms with E-state index in [0.29, 0.717) is 6.61 Å². The Morgan fingerprint density at radius 1 is 1.42 bits per heavy atom. The van der Waals surface area contributed by atoms with Gasteiger partial charge in [-0.3, -0.25) is 9.05 Å². The van der Waals surface area contributed by atoms with Crippen LogP contribution < -0.4 is 0 Å². The van der Waals surface area contributed by atoms with Crippen LogP contribution in [0.1, 0.15) is 20.3 Å². The molecule has 0 heterocycles. The fraction of sp³-hybridized carbons (Fsp3) is 0.714. The van der Waals surface area contributed by atoms with Crippen LogP contribution in [0.3, 0.4) is 0 Å². The second-order valence-electron chi connectivity index (χ2n) is 1.91. The molecule has 0 radical (unpaired) electrons. The van der Waals surface area contributed by atoms with Gasteiger partial charge in [-0.05, 0) is 13.3 Å². The summed E-state index contributed by atoms with van der Waals surface area (Å²) in [6.45, 7) is 4.11. The fourth-order valence-electron chi connectivity index (χ4n) is 0.516. The van der Waals surface area contributed by atoms with Crippen LogP contribution in [0.15, 0.2) is 0 Å². The number of rotatable bonds is 6. The Morgan fingerprint density at radius 2 is 2.08 bits per heavy atom. The molecule has 0 aromatic rings. The van der Waals surface area contributed by atoms with Gasteiger partial charge >= 0.3 is 7.82 Å². The summed E-state index contributed by atoms with van der Waals surface area (Å²) in [4.78, 5) is 0. The third kappa shape index (κ3) is 4.40. The molecular weight excluding hydrogens is 179 g/mol. The largest absolute Gasteiger partial charge is 0.538 e. The van der Waals surface area contributed by atoms with Crippen LogP contribution in [0.25, 0.3) is 0 Å². The maximum absolute atomic E-state index is 11.4. The average Bonchev–Trinajstić information content (AvgIpc) is 2.02. The lowest BCUT2D eigenvalue weighted by Crippen LogP contribution is -1.97. The first-order valence-corrected chi connectivity index (χ1v) is 5.18. The lowest BCUT2D eigenvalue weighted by atomic mass is 10.5. The zero-order valence-electron chi connectivity index (χ0n) is 7.28. The summed E-state index contributed by atoms with van der Waals surface area (Å²) in [6.07, 6.45) is 7.33. The fourth-order valence-corrected chi connectivity index (χ4v) is 1.55. The lowest BCUT2D eigenvalue weighted by molar-refractivity contribution is 0.153. The Bertz CT molecular complexity index is 196. The van der Waals surface area contributed by atoms with Crippen molar-refractivity contribution in [3.8, 4) is 12.5 Å². The highest BCUT2D eigenvalue weighted by molar-refractivity contribution is 7.48. The van der Waals surface area contributed by atoms with E-state index in [1.807, 2.05) is 6.92 Å². The van der Waals surface area contributed by atoms with E-state index >= 15 is 0 Å². The molecular formula is C7H13O4P. The van der Waals surface area contributed by atoms with Gasteiger partial charge in [0.05, 0.1) is 13.2 Å². The van der Waals surface area contributed by atoms with Crippen molar-refractivity contribution in [3.63, 3.8) is 0 Å². The minimum atomic E-state index is -3.47. The van der Waals surface area contributed by atoms with Crippen LogP contribution in [0, 0.1) is 12.5 Å². The van der Waals surface area contributed by atoms with Gasteiger partial charge in [0.1, 0.15) is 6.11 Å². The highest BCUT2D eigenvalue weighted by atomic mass is 31.2. The van der Waals surface area contributed by atoms with Crippen molar-refractivity contribution < 1.29 is 18.1 Å². The monoisotopic (exact) mass is 192 g/mol. The van der Waals surface area contributed by atoms with Crippen LogP contribution in [0.2, 0.25) is 0 Å². The third-order valence-electron chi connectivity index (χ3n) is 0.905. The first-order chi connectivity index (χ1) is 5.68. The number of hydrogen-bond acceptors (Lipinski definition) is 4. The van der Waals surface area contributed by atoms with Gasteiger partial charge in [-0.2, -0.15) is 0 Å². The van der Waals surface area contributed by atoms with E-state index in [1.54, 1.807) is 13.0 Å². The summed E-state index contributed by atoms with van der Waals surface area (Å²) in [5.41, 5.74) is 0. The van der Waals surface area contributed by atoms with Crippen molar-refractivity contribution in [2.24, 2.45) is 0 Å². The van der Waals surface area contributed by atoms with Gasteiger partial charge in [0.15, 0.2) is 0 Å². The van der Waals surface area contributed by atoms with E-state index in [1.165, 1.54) is 0 Å². The van der Waals surface area contributed by atoms with Crippen molar-refractivity contribution in [2.75, 3.05) is 13.2 Å². The molecule has 0 aromatic carbocycles.